The van der Waals surface area contributed by atoms with Crippen LogP contribution in [0.5, 0.6) is 0 Å². The van der Waals surface area contributed by atoms with Crippen LogP contribution < -0.4 is 10.4 Å². The molecule has 0 bridgehead atoms. The van der Waals surface area contributed by atoms with Gasteiger partial charge in [-0.2, -0.15) is 10.5 Å². The molecule has 1 N–H and O–H groups in total. The number of rotatable bonds is 5. The number of nitriles is 2. The van der Waals surface area contributed by atoms with Crippen molar-refractivity contribution >= 4 is 17.3 Å². The van der Waals surface area contributed by atoms with Gasteiger partial charge < -0.3 is 15.2 Å². The van der Waals surface area contributed by atoms with E-state index in [-0.39, 0.29) is 16.8 Å². The molecule has 0 amide bonds. The molecule has 0 saturated carbocycles. The van der Waals surface area contributed by atoms with Gasteiger partial charge in [0.25, 0.3) is 5.69 Å². The number of nitrogens with zero attached hydrogens (tertiary/aromatic N) is 3. The minimum absolute atomic E-state index is 0.0774. The molecule has 8 heteroatoms. The Morgan fingerprint density at radius 2 is 1.81 bits per heavy atom. The van der Waals surface area contributed by atoms with Crippen LogP contribution in [0.15, 0.2) is 12.1 Å². The molecule has 21 heavy (non-hydrogen) atoms. The number of carbonyl (C=O) groups is 1. The lowest BCUT2D eigenvalue weighted by atomic mass is 10.0. The summed E-state index contributed by atoms with van der Waals surface area (Å²) in [5, 5.41) is 42.3. The van der Waals surface area contributed by atoms with Gasteiger partial charge in [-0.3, -0.25) is 10.1 Å². The first kappa shape index (κ1) is 15.9. The van der Waals surface area contributed by atoms with Gasteiger partial charge in [-0.1, -0.05) is 13.8 Å². The Hall–Kier alpha value is -3.13. The number of anilines is 1. The summed E-state index contributed by atoms with van der Waals surface area (Å²) < 4.78 is 0. The van der Waals surface area contributed by atoms with E-state index in [1.807, 2.05) is 0 Å². The molecule has 0 aliphatic heterocycles. The third-order valence-corrected chi connectivity index (χ3v) is 2.81. The van der Waals surface area contributed by atoms with Crippen molar-refractivity contribution in [3.63, 3.8) is 0 Å². The van der Waals surface area contributed by atoms with E-state index in [1.54, 1.807) is 26.0 Å². The second-order valence-corrected chi connectivity index (χ2v) is 4.58. The standard InChI is InChI=1S/C13H12N4O4/c1-7(2)12(13(18)19)16-10-3-8(5-14)9(6-15)4-11(10)17(20)21/h3-4,7,12,16H,1-2H3,(H,18,19)/p-1/t12-/m0/s1. The number of benzene rings is 1. The Kier molecular flexibility index (Phi) is 4.81. The molecule has 108 valence electrons. The van der Waals surface area contributed by atoms with Crippen LogP contribution in [0.1, 0.15) is 25.0 Å². The Labute approximate surface area is 120 Å². The average molecular weight is 287 g/mol. The normalized spacial score (nSPS) is 11.3. The summed E-state index contributed by atoms with van der Waals surface area (Å²) in [6.45, 7) is 3.21. The molecule has 0 spiro atoms. The van der Waals surface area contributed by atoms with E-state index < -0.39 is 28.5 Å². The van der Waals surface area contributed by atoms with Gasteiger partial charge in [0.1, 0.15) is 17.8 Å². The van der Waals surface area contributed by atoms with Crippen molar-refractivity contribution in [2.24, 2.45) is 5.92 Å². The predicted octanol–water partition coefficient (Wildman–Crippen LogP) is 0.525. The van der Waals surface area contributed by atoms with Crippen molar-refractivity contribution in [2.75, 3.05) is 5.32 Å². The van der Waals surface area contributed by atoms with Crippen LogP contribution in [0.3, 0.4) is 0 Å². The van der Waals surface area contributed by atoms with Crippen LogP contribution in [-0.2, 0) is 4.79 Å². The molecule has 1 atom stereocenters. The fraction of sp³-hybridized carbons (Fsp3) is 0.308. The lowest BCUT2D eigenvalue weighted by Gasteiger charge is -2.24. The second-order valence-electron chi connectivity index (χ2n) is 4.58. The summed E-state index contributed by atoms with van der Waals surface area (Å²) in [6, 6.07) is 4.29. The zero-order chi connectivity index (χ0) is 16.2. The molecule has 0 saturated heterocycles. The largest absolute Gasteiger partial charge is 0.548 e. The van der Waals surface area contributed by atoms with E-state index in [1.165, 1.54) is 0 Å². The number of carbonyl (C=O) groups excluding carboxylic acids is 1. The van der Waals surface area contributed by atoms with Crippen LogP contribution in [-0.4, -0.2) is 16.9 Å². The predicted molar refractivity (Wildman–Crippen MR) is 69.8 cm³/mol. The van der Waals surface area contributed by atoms with Gasteiger partial charge in [-0.15, -0.1) is 0 Å². The minimum atomic E-state index is -1.41. The zero-order valence-corrected chi connectivity index (χ0v) is 11.3. The Balaban J connectivity index is 3.41. The quantitative estimate of drug-likeness (QED) is 0.614. The number of nitro groups is 1. The van der Waals surface area contributed by atoms with E-state index in [2.05, 4.69) is 5.32 Å². The number of hydrogen-bond acceptors (Lipinski definition) is 7. The van der Waals surface area contributed by atoms with E-state index in [9.17, 15) is 20.0 Å². The molecular weight excluding hydrogens is 276 g/mol. The highest BCUT2D eigenvalue weighted by molar-refractivity contribution is 5.78. The van der Waals surface area contributed by atoms with Crippen molar-refractivity contribution in [1.29, 1.82) is 10.5 Å². The van der Waals surface area contributed by atoms with Gasteiger partial charge in [0, 0.05) is 6.07 Å². The smallest absolute Gasteiger partial charge is 0.293 e. The number of carboxylic acids is 1. The molecule has 1 aromatic rings. The first-order valence-corrected chi connectivity index (χ1v) is 5.91. The monoisotopic (exact) mass is 287 g/mol. The van der Waals surface area contributed by atoms with Crippen LogP contribution >= 0.6 is 0 Å². The van der Waals surface area contributed by atoms with Crippen molar-refractivity contribution < 1.29 is 14.8 Å². The molecule has 0 aromatic heterocycles. The Bertz CT molecular complexity index is 670. The summed E-state index contributed by atoms with van der Waals surface area (Å²) >= 11 is 0. The topological polar surface area (TPSA) is 143 Å². The van der Waals surface area contributed by atoms with Gasteiger partial charge in [0.05, 0.1) is 28.1 Å². The highest BCUT2D eigenvalue weighted by Crippen LogP contribution is 2.29. The van der Waals surface area contributed by atoms with E-state index in [0.29, 0.717) is 0 Å². The highest BCUT2D eigenvalue weighted by atomic mass is 16.6. The van der Waals surface area contributed by atoms with Crippen LogP contribution in [0, 0.1) is 38.7 Å². The number of carboxylic acid groups (broad SMARTS) is 1. The first-order chi connectivity index (χ1) is 9.81. The number of aliphatic carboxylic acids is 1. The lowest BCUT2D eigenvalue weighted by molar-refractivity contribution is -0.384. The fourth-order valence-corrected chi connectivity index (χ4v) is 1.71. The Morgan fingerprint density at radius 1 is 1.29 bits per heavy atom. The maximum atomic E-state index is 11.0. The second kappa shape index (κ2) is 6.35. The molecule has 0 radical (unpaired) electrons. The molecular formula is C13H11N4O4-. The fourth-order valence-electron chi connectivity index (χ4n) is 1.71. The number of nitro benzene ring substituents is 1. The van der Waals surface area contributed by atoms with E-state index in [4.69, 9.17) is 10.5 Å². The minimum Gasteiger partial charge on any atom is -0.548 e. The molecule has 1 rings (SSSR count). The summed E-state index contributed by atoms with van der Waals surface area (Å²) in [5.74, 6) is -1.81. The molecule has 0 heterocycles. The van der Waals surface area contributed by atoms with Gasteiger partial charge in [-0.25, -0.2) is 0 Å². The van der Waals surface area contributed by atoms with Crippen molar-refractivity contribution in [3.8, 4) is 12.1 Å². The number of hydrogen-bond donors (Lipinski definition) is 1. The third kappa shape index (κ3) is 3.45. The van der Waals surface area contributed by atoms with Crippen molar-refractivity contribution in [2.45, 2.75) is 19.9 Å². The van der Waals surface area contributed by atoms with Crippen LogP contribution in [0.2, 0.25) is 0 Å². The summed E-state index contributed by atoms with van der Waals surface area (Å²) in [7, 11) is 0. The molecule has 8 nitrogen and oxygen atoms in total. The molecule has 0 fully saturated rings. The molecule has 0 aliphatic rings. The SMILES string of the molecule is CC(C)[C@H](Nc1cc(C#N)c(C#N)cc1[N+](=O)[O-])C(=O)[O-]. The highest BCUT2D eigenvalue weighted by Gasteiger charge is 2.22. The van der Waals surface area contributed by atoms with Gasteiger partial charge in [0.2, 0.25) is 0 Å². The van der Waals surface area contributed by atoms with Gasteiger partial charge in [0.15, 0.2) is 0 Å². The summed E-state index contributed by atoms with van der Waals surface area (Å²) in [5.41, 5.74) is -0.841. The Morgan fingerprint density at radius 3 is 2.19 bits per heavy atom. The summed E-state index contributed by atoms with van der Waals surface area (Å²) in [6.07, 6.45) is 0. The maximum absolute atomic E-state index is 11.0. The van der Waals surface area contributed by atoms with Gasteiger partial charge >= 0.3 is 0 Å². The molecule has 0 unspecified atom stereocenters. The van der Waals surface area contributed by atoms with E-state index in [0.717, 1.165) is 12.1 Å². The third-order valence-electron chi connectivity index (χ3n) is 2.81. The van der Waals surface area contributed by atoms with Crippen LogP contribution in [0.4, 0.5) is 11.4 Å². The lowest BCUT2D eigenvalue weighted by Crippen LogP contribution is -2.44. The van der Waals surface area contributed by atoms with Crippen LogP contribution in [0.25, 0.3) is 0 Å². The maximum Gasteiger partial charge on any atom is 0.293 e. The van der Waals surface area contributed by atoms with Crippen molar-refractivity contribution in [3.05, 3.63) is 33.4 Å². The van der Waals surface area contributed by atoms with Crippen molar-refractivity contribution in [1.82, 2.24) is 0 Å². The first-order valence-electron chi connectivity index (χ1n) is 5.91. The zero-order valence-electron chi connectivity index (χ0n) is 11.3. The summed E-state index contributed by atoms with van der Waals surface area (Å²) in [4.78, 5) is 21.3. The van der Waals surface area contributed by atoms with Gasteiger partial charge in [-0.05, 0) is 12.0 Å². The molecule has 1 aromatic carbocycles. The average Bonchev–Trinajstić information content (AvgIpc) is 2.42. The molecule has 0 aliphatic carbocycles. The van der Waals surface area contributed by atoms with E-state index >= 15 is 0 Å². The number of nitrogens with one attached hydrogen (secondary N) is 1.